The Balaban J connectivity index is 2.77. The molecule has 0 spiro atoms. The molecule has 0 N–H and O–H groups in total. The SMILES string of the molecule is COc1cc2cccc(C=O)c2cc1OC. The van der Waals surface area contributed by atoms with Crippen LogP contribution in [0, 0.1) is 0 Å². The normalized spacial score (nSPS) is 10.1. The molecule has 0 unspecified atom stereocenters. The van der Waals surface area contributed by atoms with Gasteiger partial charge < -0.3 is 9.47 Å². The molecule has 2 aromatic carbocycles. The lowest BCUT2D eigenvalue weighted by Gasteiger charge is -2.09. The highest BCUT2D eigenvalue weighted by Crippen LogP contribution is 2.33. The number of carbonyl (C=O) groups is 1. The van der Waals surface area contributed by atoms with Crippen LogP contribution in [0.5, 0.6) is 11.5 Å². The van der Waals surface area contributed by atoms with Crippen molar-refractivity contribution in [3.05, 3.63) is 35.9 Å². The molecule has 82 valence electrons. The van der Waals surface area contributed by atoms with Crippen molar-refractivity contribution in [3.63, 3.8) is 0 Å². The molecule has 0 aromatic heterocycles. The van der Waals surface area contributed by atoms with Gasteiger partial charge in [0.15, 0.2) is 17.8 Å². The summed E-state index contributed by atoms with van der Waals surface area (Å²) in [7, 11) is 3.17. The van der Waals surface area contributed by atoms with E-state index in [1.165, 1.54) is 0 Å². The van der Waals surface area contributed by atoms with E-state index in [0.29, 0.717) is 17.1 Å². The molecule has 0 amide bonds. The van der Waals surface area contributed by atoms with Gasteiger partial charge in [-0.3, -0.25) is 4.79 Å². The summed E-state index contributed by atoms with van der Waals surface area (Å²) < 4.78 is 10.4. The van der Waals surface area contributed by atoms with E-state index in [2.05, 4.69) is 0 Å². The van der Waals surface area contributed by atoms with E-state index in [0.717, 1.165) is 17.1 Å². The molecule has 0 radical (unpaired) electrons. The molecule has 0 aliphatic heterocycles. The van der Waals surface area contributed by atoms with Gasteiger partial charge >= 0.3 is 0 Å². The first-order valence-electron chi connectivity index (χ1n) is 4.90. The van der Waals surface area contributed by atoms with Gasteiger partial charge in [0, 0.05) is 5.56 Å². The van der Waals surface area contributed by atoms with E-state index in [1.54, 1.807) is 20.3 Å². The van der Waals surface area contributed by atoms with Gasteiger partial charge in [0.25, 0.3) is 0 Å². The van der Waals surface area contributed by atoms with Gasteiger partial charge in [-0.15, -0.1) is 0 Å². The molecule has 3 heteroatoms. The highest BCUT2D eigenvalue weighted by molar-refractivity contribution is 5.99. The highest BCUT2D eigenvalue weighted by atomic mass is 16.5. The van der Waals surface area contributed by atoms with E-state index in [-0.39, 0.29) is 0 Å². The van der Waals surface area contributed by atoms with Gasteiger partial charge in [0.2, 0.25) is 0 Å². The van der Waals surface area contributed by atoms with Crippen molar-refractivity contribution in [1.29, 1.82) is 0 Å². The second-order valence-corrected chi connectivity index (χ2v) is 3.39. The number of aldehydes is 1. The minimum absolute atomic E-state index is 0.629. The Morgan fingerprint density at radius 3 is 2.38 bits per heavy atom. The van der Waals surface area contributed by atoms with Crippen LogP contribution in [0.3, 0.4) is 0 Å². The van der Waals surface area contributed by atoms with Gasteiger partial charge in [-0.25, -0.2) is 0 Å². The molecule has 0 atom stereocenters. The number of methoxy groups -OCH3 is 2. The summed E-state index contributed by atoms with van der Waals surface area (Å²) in [5.74, 6) is 1.29. The third-order valence-corrected chi connectivity index (χ3v) is 2.55. The van der Waals surface area contributed by atoms with Gasteiger partial charge in [-0.1, -0.05) is 18.2 Å². The van der Waals surface area contributed by atoms with Crippen LogP contribution in [-0.4, -0.2) is 20.5 Å². The van der Waals surface area contributed by atoms with Crippen molar-refractivity contribution in [2.45, 2.75) is 0 Å². The zero-order chi connectivity index (χ0) is 11.5. The monoisotopic (exact) mass is 216 g/mol. The molecule has 2 aromatic rings. The average molecular weight is 216 g/mol. The van der Waals surface area contributed by atoms with Crippen molar-refractivity contribution in [1.82, 2.24) is 0 Å². The molecule has 0 saturated heterocycles. The van der Waals surface area contributed by atoms with Crippen LogP contribution in [0.1, 0.15) is 10.4 Å². The largest absolute Gasteiger partial charge is 0.493 e. The molecule has 0 fully saturated rings. The Labute approximate surface area is 93.6 Å². The van der Waals surface area contributed by atoms with E-state index < -0.39 is 0 Å². The van der Waals surface area contributed by atoms with Crippen molar-refractivity contribution < 1.29 is 14.3 Å². The summed E-state index contributed by atoms with van der Waals surface area (Å²) in [6, 6.07) is 9.24. The maximum Gasteiger partial charge on any atom is 0.161 e. The van der Waals surface area contributed by atoms with Crippen molar-refractivity contribution >= 4 is 17.1 Å². The van der Waals surface area contributed by atoms with Crippen LogP contribution in [0.4, 0.5) is 0 Å². The minimum atomic E-state index is 0.629. The number of ether oxygens (including phenoxy) is 2. The topological polar surface area (TPSA) is 35.5 Å². The Morgan fingerprint density at radius 2 is 1.75 bits per heavy atom. The minimum Gasteiger partial charge on any atom is -0.493 e. The molecule has 0 heterocycles. The summed E-state index contributed by atoms with van der Waals surface area (Å²) in [6.45, 7) is 0. The zero-order valence-electron chi connectivity index (χ0n) is 9.19. The third kappa shape index (κ3) is 1.60. The summed E-state index contributed by atoms with van der Waals surface area (Å²) in [4.78, 5) is 10.9. The predicted octanol–water partition coefficient (Wildman–Crippen LogP) is 2.67. The number of benzene rings is 2. The van der Waals surface area contributed by atoms with Gasteiger partial charge in [-0.2, -0.15) is 0 Å². The van der Waals surface area contributed by atoms with Gasteiger partial charge in [0.1, 0.15) is 0 Å². The van der Waals surface area contributed by atoms with Crippen LogP contribution < -0.4 is 9.47 Å². The fourth-order valence-corrected chi connectivity index (χ4v) is 1.73. The van der Waals surface area contributed by atoms with E-state index in [1.807, 2.05) is 24.3 Å². The quantitative estimate of drug-likeness (QED) is 0.740. The van der Waals surface area contributed by atoms with E-state index in [4.69, 9.17) is 9.47 Å². The summed E-state index contributed by atoms with van der Waals surface area (Å²) in [5.41, 5.74) is 0.651. The first-order chi connectivity index (χ1) is 7.80. The maximum atomic E-state index is 10.9. The lowest BCUT2D eigenvalue weighted by Crippen LogP contribution is -1.92. The van der Waals surface area contributed by atoms with Crippen molar-refractivity contribution in [2.75, 3.05) is 14.2 Å². The zero-order valence-corrected chi connectivity index (χ0v) is 9.19. The first-order valence-corrected chi connectivity index (χ1v) is 4.90. The molecule has 0 bridgehead atoms. The van der Waals surface area contributed by atoms with Crippen molar-refractivity contribution in [3.8, 4) is 11.5 Å². The first kappa shape index (κ1) is 10.5. The fraction of sp³-hybridized carbons (Fsp3) is 0.154. The Morgan fingerprint density at radius 1 is 1.06 bits per heavy atom. The average Bonchev–Trinajstić information content (AvgIpc) is 2.36. The highest BCUT2D eigenvalue weighted by Gasteiger charge is 2.07. The van der Waals surface area contributed by atoms with E-state index >= 15 is 0 Å². The molecule has 0 aliphatic carbocycles. The fourth-order valence-electron chi connectivity index (χ4n) is 1.73. The van der Waals surface area contributed by atoms with Crippen LogP contribution in [0.15, 0.2) is 30.3 Å². The molecular weight excluding hydrogens is 204 g/mol. The lowest BCUT2D eigenvalue weighted by atomic mass is 10.0. The number of hydrogen-bond donors (Lipinski definition) is 0. The Kier molecular flexibility index (Phi) is 2.77. The third-order valence-electron chi connectivity index (χ3n) is 2.55. The Hall–Kier alpha value is -2.03. The number of rotatable bonds is 3. The standard InChI is InChI=1S/C13H12O3/c1-15-12-6-9-4-3-5-10(8-14)11(9)7-13(12)16-2/h3-8H,1-2H3. The summed E-state index contributed by atoms with van der Waals surface area (Å²) >= 11 is 0. The number of carbonyl (C=O) groups excluding carboxylic acids is 1. The van der Waals surface area contributed by atoms with E-state index in [9.17, 15) is 4.79 Å². The summed E-state index contributed by atoms with van der Waals surface area (Å²) in [5, 5.41) is 1.83. The molecule has 2 rings (SSSR count). The predicted molar refractivity (Wildman–Crippen MR) is 62.4 cm³/mol. The number of hydrogen-bond acceptors (Lipinski definition) is 3. The van der Waals surface area contributed by atoms with Crippen LogP contribution in [0.2, 0.25) is 0 Å². The molecule has 3 nitrogen and oxygen atoms in total. The van der Waals surface area contributed by atoms with Crippen LogP contribution in [-0.2, 0) is 0 Å². The van der Waals surface area contributed by atoms with Gasteiger partial charge in [-0.05, 0) is 22.9 Å². The smallest absolute Gasteiger partial charge is 0.161 e. The Bertz CT molecular complexity index is 532. The molecule has 0 aliphatic rings. The van der Waals surface area contributed by atoms with Gasteiger partial charge in [0.05, 0.1) is 14.2 Å². The second-order valence-electron chi connectivity index (χ2n) is 3.39. The van der Waals surface area contributed by atoms with Crippen LogP contribution >= 0.6 is 0 Å². The number of fused-ring (bicyclic) bond motifs is 1. The molecular formula is C13H12O3. The molecule has 0 saturated carbocycles. The lowest BCUT2D eigenvalue weighted by molar-refractivity contribution is 0.112. The van der Waals surface area contributed by atoms with Crippen molar-refractivity contribution in [2.24, 2.45) is 0 Å². The van der Waals surface area contributed by atoms with Crippen LogP contribution in [0.25, 0.3) is 10.8 Å². The molecule has 16 heavy (non-hydrogen) atoms. The summed E-state index contributed by atoms with van der Waals surface area (Å²) in [6.07, 6.45) is 0.842. The maximum absolute atomic E-state index is 10.9. The second kappa shape index (κ2) is 4.23.